The van der Waals surface area contributed by atoms with Crippen molar-refractivity contribution in [2.45, 2.75) is 6.04 Å². The van der Waals surface area contributed by atoms with Crippen molar-refractivity contribution in [3.8, 4) is 5.75 Å². The predicted octanol–water partition coefficient (Wildman–Crippen LogP) is -1.16. The third-order valence-corrected chi connectivity index (χ3v) is 3.03. The first kappa shape index (κ1) is 13.2. The summed E-state index contributed by atoms with van der Waals surface area (Å²) in [4.78, 5) is 27.9. The molecule has 1 aromatic rings. The highest BCUT2D eigenvalue weighted by Gasteiger charge is 2.27. The SMILES string of the molecule is O=C(N[C@@H]1CONC1=O)Oc1cccc2c1=CC=CNC=2. The summed E-state index contributed by atoms with van der Waals surface area (Å²) in [5, 5.41) is 7.10. The minimum Gasteiger partial charge on any atom is -0.410 e. The van der Waals surface area contributed by atoms with E-state index in [0.29, 0.717) is 5.75 Å². The van der Waals surface area contributed by atoms with E-state index in [1.165, 1.54) is 0 Å². The Morgan fingerprint density at radius 1 is 1.43 bits per heavy atom. The number of hydrogen-bond donors (Lipinski definition) is 3. The Morgan fingerprint density at radius 2 is 2.33 bits per heavy atom. The summed E-state index contributed by atoms with van der Waals surface area (Å²) >= 11 is 0. The van der Waals surface area contributed by atoms with E-state index in [2.05, 4.69) is 16.1 Å². The Bertz CT molecular complexity index is 726. The van der Waals surface area contributed by atoms with E-state index in [1.54, 1.807) is 24.5 Å². The van der Waals surface area contributed by atoms with Crippen molar-refractivity contribution in [2.24, 2.45) is 0 Å². The summed E-state index contributed by atoms with van der Waals surface area (Å²) in [5.74, 6) is 0.0137. The fourth-order valence-corrected chi connectivity index (χ4v) is 2.01. The maximum Gasteiger partial charge on any atom is 0.413 e. The topological polar surface area (TPSA) is 88.7 Å². The molecule has 1 fully saturated rings. The number of ether oxygens (including phenoxy) is 1. The Hall–Kier alpha value is -2.80. The van der Waals surface area contributed by atoms with Gasteiger partial charge in [0.25, 0.3) is 5.91 Å². The molecular weight excluding hydrogens is 274 g/mol. The second-order valence-corrected chi connectivity index (χ2v) is 4.46. The molecule has 0 spiro atoms. The summed E-state index contributed by atoms with van der Waals surface area (Å²) in [6.45, 7) is 0.0768. The van der Waals surface area contributed by atoms with E-state index >= 15 is 0 Å². The van der Waals surface area contributed by atoms with Gasteiger partial charge in [-0.1, -0.05) is 12.1 Å². The molecular formula is C14H13N3O4. The molecule has 0 unspecified atom stereocenters. The van der Waals surface area contributed by atoms with Gasteiger partial charge in [0.15, 0.2) is 0 Å². The standard InChI is InChI=1S/C14H13N3O4/c18-13-11(8-20-17-13)16-14(19)21-12-5-1-3-9-7-15-6-2-4-10(9)12/h1-7,11,15H,8H2,(H,16,19)(H,17,18)/t11-/m1/s1. The number of nitrogens with one attached hydrogen (secondary N) is 3. The normalized spacial score (nSPS) is 19.2. The van der Waals surface area contributed by atoms with Crippen LogP contribution in [0.2, 0.25) is 0 Å². The van der Waals surface area contributed by atoms with Crippen LogP contribution in [0.25, 0.3) is 12.3 Å². The first-order valence-electron chi connectivity index (χ1n) is 6.36. The van der Waals surface area contributed by atoms with Crippen molar-refractivity contribution in [2.75, 3.05) is 6.61 Å². The fraction of sp³-hybridized carbons (Fsp3) is 0.143. The number of fused-ring (bicyclic) bond motifs is 1. The monoisotopic (exact) mass is 287 g/mol. The number of benzene rings is 1. The van der Waals surface area contributed by atoms with Crippen LogP contribution in [0.4, 0.5) is 4.79 Å². The van der Waals surface area contributed by atoms with Crippen LogP contribution in [-0.4, -0.2) is 24.6 Å². The molecule has 2 heterocycles. The molecule has 1 saturated heterocycles. The molecule has 3 rings (SSSR count). The lowest BCUT2D eigenvalue weighted by Crippen LogP contribution is -2.43. The minimum absolute atomic E-state index is 0.0768. The molecule has 108 valence electrons. The molecule has 0 bridgehead atoms. The van der Waals surface area contributed by atoms with E-state index in [4.69, 9.17) is 9.57 Å². The number of hydrogen-bond acceptors (Lipinski definition) is 5. The first-order valence-corrected chi connectivity index (χ1v) is 6.36. The highest BCUT2D eigenvalue weighted by molar-refractivity contribution is 5.86. The number of carbonyl (C=O) groups excluding carboxylic acids is 2. The van der Waals surface area contributed by atoms with Crippen molar-refractivity contribution in [1.82, 2.24) is 16.1 Å². The van der Waals surface area contributed by atoms with Crippen LogP contribution in [-0.2, 0) is 9.63 Å². The van der Waals surface area contributed by atoms with Crippen molar-refractivity contribution in [1.29, 1.82) is 0 Å². The van der Waals surface area contributed by atoms with Crippen LogP contribution in [0.5, 0.6) is 5.75 Å². The van der Waals surface area contributed by atoms with E-state index in [1.807, 2.05) is 18.2 Å². The average Bonchev–Trinajstić information content (AvgIpc) is 2.74. The number of amides is 2. The molecule has 7 nitrogen and oxygen atoms in total. The lowest BCUT2D eigenvalue weighted by atomic mass is 10.2. The Labute approximate surface area is 119 Å². The quantitative estimate of drug-likeness (QED) is 0.638. The van der Waals surface area contributed by atoms with Gasteiger partial charge < -0.3 is 15.4 Å². The second-order valence-electron chi connectivity index (χ2n) is 4.46. The van der Waals surface area contributed by atoms with Gasteiger partial charge in [-0.2, -0.15) is 0 Å². The van der Waals surface area contributed by atoms with E-state index in [0.717, 1.165) is 10.4 Å². The summed E-state index contributed by atoms with van der Waals surface area (Å²) in [5.41, 5.74) is 2.16. The highest BCUT2D eigenvalue weighted by atomic mass is 16.7. The molecule has 0 saturated carbocycles. The van der Waals surface area contributed by atoms with E-state index < -0.39 is 18.0 Å². The van der Waals surface area contributed by atoms with Gasteiger partial charge in [0.2, 0.25) is 0 Å². The van der Waals surface area contributed by atoms with Crippen LogP contribution < -0.4 is 31.3 Å². The zero-order valence-electron chi connectivity index (χ0n) is 11.0. The van der Waals surface area contributed by atoms with Gasteiger partial charge in [-0.3, -0.25) is 9.63 Å². The van der Waals surface area contributed by atoms with Crippen molar-refractivity contribution in [3.05, 3.63) is 40.9 Å². The number of carbonyl (C=O) groups is 2. The molecule has 0 aliphatic carbocycles. The zero-order valence-corrected chi connectivity index (χ0v) is 11.0. The van der Waals surface area contributed by atoms with Gasteiger partial charge >= 0.3 is 6.09 Å². The van der Waals surface area contributed by atoms with Gasteiger partial charge in [-0.05, 0) is 18.2 Å². The largest absolute Gasteiger partial charge is 0.413 e. The van der Waals surface area contributed by atoms with Crippen molar-refractivity contribution in [3.63, 3.8) is 0 Å². The fourth-order valence-electron chi connectivity index (χ4n) is 2.01. The van der Waals surface area contributed by atoms with Crippen molar-refractivity contribution >= 4 is 24.3 Å². The summed E-state index contributed by atoms with van der Waals surface area (Å²) in [7, 11) is 0. The van der Waals surface area contributed by atoms with Gasteiger partial charge in [0.05, 0.1) is 0 Å². The lowest BCUT2D eigenvalue weighted by molar-refractivity contribution is -0.125. The van der Waals surface area contributed by atoms with Crippen LogP contribution in [0.15, 0.2) is 30.5 Å². The molecule has 2 amide bonds. The van der Waals surface area contributed by atoms with Crippen LogP contribution in [0.3, 0.4) is 0 Å². The number of allylic oxidation sites excluding steroid dienone is 1. The minimum atomic E-state index is -0.739. The van der Waals surface area contributed by atoms with Crippen molar-refractivity contribution < 1.29 is 19.2 Å². The third kappa shape index (κ3) is 2.87. The molecule has 2 aliphatic heterocycles. The molecule has 2 aliphatic rings. The molecule has 21 heavy (non-hydrogen) atoms. The van der Waals surface area contributed by atoms with Gasteiger partial charge in [-0.25, -0.2) is 10.3 Å². The first-order chi connectivity index (χ1) is 10.2. The lowest BCUT2D eigenvalue weighted by Gasteiger charge is -2.09. The van der Waals surface area contributed by atoms with Crippen LogP contribution in [0, 0.1) is 0 Å². The van der Waals surface area contributed by atoms with Gasteiger partial charge in [0, 0.05) is 22.8 Å². The Balaban J connectivity index is 1.79. The number of rotatable bonds is 2. The Kier molecular flexibility index (Phi) is 3.57. The van der Waals surface area contributed by atoms with Gasteiger partial charge in [-0.15, -0.1) is 0 Å². The molecule has 7 heteroatoms. The smallest absolute Gasteiger partial charge is 0.410 e. The molecule has 0 radical (unpaired) electrons. The molecule has 0 aromatic heterocycles. The van der Waals surface area contributed by atoms with Crippen LogP contribution >= 0.6 is 0 Å². The molecule has 1 atom stereocenters. The van der Waals surface area contributed by atoms with Gasteiger partial charge in [0.1, 0.15) is 18.4 Å². The Morgan fingerprint density at radius 3 is 3.14 bits per heavy atom. The summed E-state index contributed by atoms with van der Waals surface area (Å²) in [6.07, 6.45) is 6.51. The summed E-state index contributed by atoms with van der Waals surface area (Å²) in [6, 6.07) is 4.63. The molecule has 3 N–H and O–H groups in total. The summed E-state index contributed by atoms with van der Waals surface area (Å²) < 4.78 is 5.28. The van der Waals surface area contributed by atoms with E-state index in [9.17, 15) is 9.59 Å². The van der Waals surface area contributed by atoms with Crippen LogP contribution in [0.1, 0.15) is 0 Å². The average molecular weight is 287 g/mol. The predicted molar refractivity (Wildman–Crippen MR) is 73.9 cm³/mol. The van der Waals surface area contributed by atoms with E-state index in [-0.39, 0.29) is 6.61 Å². The highest BCUT2D eigenvalue weighted by Crippen LogP contribution is 2.02. The maximum atomic E-state index is 11.9. The molecule has 1 aromatic carbocycles. The maximum absolute atomic E-state index is 11.9. The third-order valence-electron chi connectivity index (χ3n) is 3.03. The number of hydroxylamine groups is 1. The second kappa shape index (κ2) is 5.68. The zero-order chi connectivity index (χ0) is 14.7.